The number of pyridine rings is 1. The molecule has 0 radical (unpaired) electrons. The molecule has 2 heterocycles. The van der Waals surface area contributed by atoms with Gasteiger partial charge in [-0.1, -0.05) is 12.1 Å². The lowest BCUT2D eigenvalue weighted by Gasteiger charge is -2.20. The zero-order valence-electron chi connectivity index (χ0n) is 18.3. The molecular formula is C25H21F3N4O2. The Balaban J connectivity index is 1.47. The summed E-state index contributed by atoms with van der Waals surface area (Å²) in [6.07, 6.45) is 4.61. The summed E-state index contributed by atoms with van der Waals surface area (Å²) in [6.45, 7) is -0.588. The Labute approximate surface area is 193 Å². The second-order valence-electron chi connectivity index (χ2n) is 8.34. The molecule has 34 heavy (non-hydrogen) atoms. The highest BCUT2D eigenvalue weighted by Crippen LogP contribution is 2.38. The molecule has 2 aromatic carbocycles. The number of hydrogen-bond donors (Lipinski definition) is 1. The number of hydrogen-bond acceptors (Lipinski definition) is 4. The Morgan fingerprint density at radius 3 is 2.76 bits per heavy atom. The summed E-state index contributed by atoms with van der Waals surface area (Å²) in [5, 5.41) is 7.32. The smallest absolute Gasteiger partial charge is 0.254 e. The molecule has 9 heteroatoms. The summed E-state index contributed by atoms with van der Waals surface area (Å²) in [6, 6.07) is 8.23. The van der Waals surface area contributed by atoms with E-state index in [1.54, 1.807) is 13.1 Å². The van der Waals surface area contributed by atoms with Crippen LogP contribution in [0.2, 0.25) is 0 Å². The second kappa shape index (κ2) is 8.81. The quantitative estimate of drug-likeness (QED) is 0.407. The molecule has 0 atom stereocenters. The predicted octanol–water partition coefficient (Wildman–Crippen LogP) is 5.19. The first-order valence-electron chi connectivity index (χ1n) is 10.8. The normalized spacial score (nSPS) is 13.3. The van der Waals surface area contributed by atoms with E-state index >= 15 is 4.39 Å². The van der Waals surface area contributed by atoms with Gasteiger partial charge in [-0.05, 0) is 42.7 Å². The third-order valence-corrected chi connectivity index (χ3v) is 5.76. The topological polar surface area (TPSA) is 71.1 Å². The van der Waals surface area contributed by atoms with Crippen molar-refractivity contribution < 1.29 is 22.7 Å². The zero-order chi connectivity index (χ0) is 23.8. The molecule has 2 aromatic heterocycles. The van der Waals surface area contributed by atoms with Gasteiger partial charge in [0.15, 0.2) is 0 Å². The van der Waals surface area contributed by atoms with Gasteiger partial charge in [-0.2, -0.15) is 5.10 Å². The van der Waals surface area contributed by atoms with Crippen LogP contribution in [0.5, 0.6) is 5.75 Å². The van der Waals surface area contributed by atoms with Crippen LogP contribution in [0.4, 0.5) is 13.2 Å². The summed E-state index contributed by atoms with van der Waals surface area (Å²) in [5.41, 5.74) is 2.06. The van der Waals surface area contributed by atoms with Crippen molar-refractivity contribution in [3.8, 4) is 16.9 Å². The molecule has 1 aliphatic carbocycles. The van der Waals surface area contributed by atoms with Crippen LogP contribution in [0.1, 0.15) is 34.5 Å². The van der Waals surface area contributed by atoms with Crippen LogP contribution in [0.15, 0.2) is 48.8 Å². The second-order valence-corrected chi connectivity index (χ2v) is 8.34. The van der Waals surface area contributed by atoms with Crippen molar-refractivity contribution in [1.82, 2.24) is 20.1 Å². The highest BCUT2D eigenvalue weighted by molar-refractivity contribution is 5.96. The number of aromatic amines is 1. The van der Waals surface area contributed by atoms with E-state index in [4.69, 9.17) is 4.74 Å². The van der Waals surface area contributed by atoms with Crippen molar-refractivity contribution in [3.05, 3.63) is 77.2 Å². The molecule has 1 amide bonds. The summed E-state index contributed by atoms with van der Waals surface area (Å²) in [7, 11) is 1.58. The number of nitrogens with one attached hydrogen (secondary N) is 1. The van der Waals surface area contributed by atoms with Gasteiger partial charge in [0, 0.05) is 36.3 Å². The maximum absolute atomic E-state index is 15.3. The van der Waals surface area contributed by atoms with Crippen molar-refractivity contribution in [2.75, 3.05) is 7.05 Å². The van der Waals surface area contributed by atoms with Crippen LogP contribution in [-0.4, -0.2) is 39.1 Å². The lowest BCUT2D eigenvalue weighted by Crippen LogP contribution is -2.26. The number of nitrogens with zero attached hydrogens (tertiary/aromatic N) is 3. The molecule has 0 saturated heterocycles. The zero-order valence-corrected chi connectivity index (χ0v) is 18.3. The van der Waals surface area contributed by atoms with Crippen molar-refractivity contribution in [2.45, 2.75) is 32.2 Å². The number of benzene rings is 2. The molecular weight excluding hydrogens is 445 g/mol. The number of amides is 1. The number of carbonyl (C=O) groups excluding carboxylic acids is 1. The largest absolute Gasteiger partial charge is 0.490 e. The number of alkyl halides is 1. The summed E-state index contributed by atoms with van der Waals surface area (Å²) < 4.78 is 48.1. The van der Waals surface area contributed by atoms with Gasteiger partial charge in [-0.15, -0.1) is 0 Å². The van der Waals surface area contributed by atoms with Gasteiger partial charge in [0.1, 0.15) is 24.1 Å². The number of rotatable bonds is 7. The molecule has 1 N–H and O–H groups in total. The Morgan fingerprint density at radius 2 is 2.03 bits per heavy atom. The van der Waals surface area contributed by atoms with Crippen LogP contribution in [0, 0.1) is 11.6 Å². The first-order valence-corrected chi connectivity index (χ1v) is 10.8. The van der Waals surface area contributed by atoms with Crippen LogP contribution in [-0.2, 0) is 13.2 Å². The summed E-state index contributed by atoms with van der Waals surface area (Å²) in [4.78, 5) is 18.7. The monoisotopic (exact) mass is 466 g/mol. The Morgan fingerprint density at radius 1 is 1.21 bits per heavy atom. The van der Waals surface area contributed by atoms with Gasteiger partial charge in [0.25, 0.3) is 5.91 Å². The van der Waals surface area contributed by atoms with Crippen molar-refractivity contribution in [3.63, 3.8) is 0 Å². The molecule has 0 spiro atoms. The van der Waals surface area contributed by atoms with Gasteiger partial charge in [-0.25, -0.2) is 13.2 Å². The fourth-order valence-electron chi connectivity index (χ4n) is 3.90. The molecule has 0 bridgehead atoms. The number of halogens is 3. The maximum atomic E-state index is 15.3. The minimum Gasteiger partial charge on any atom is -0.490 e. The Kier molecular flexibility index (Phi) is 5.69. The van der Waals surface area contributed by atoms with Gasteiger partial charge in [0.2, 0.25) is 0 Å². The molecule has 174 valence electrons. The first kappa shape index (κ1) is 21.9. The molecule has 1 aliphatic rings. The first-order chi connectivity index (χ1) is 16.4. The van der Waals surface area contributed by atoms with Crippen LogP contribution in [0.25, 0.3) is 22.0 Å². The highest BCUT2D eigenvalue weighted by Gasteiger charge is 2.27. The summed E-state index contributed by atoms with van der Waals surface area (Å²) >= 11 is 0. The fraction of sp³-hybridized carbons (Fsp3) is 0.240. The third kappa shape index (κ3) is 4.21. The Bertz CT molecular complexity index is 1380. The Hall–Kier alpha value is -3.88. The minimum atomic E-state index is -0.730. The van der Waals surface area contributed by atoms with E-state index in [9.17, 15) is 13.6 Å². The average molecular weight is 466 g/mol. The highest BCUT2D eigenvalue weighted by atomic mass is 19.1. The molecule has 6 nitrogen and oxygen atoms in total. The van der Waals surface area contributed by atoms with Crippen molar-refractivity contribution in [2.24, 2.45) is 0 Å². The van der Waals surface area contributed by atoms with Crippen LogP contribution < -0.4 is 4.74 Å². The molecule has 4 aromatic rings. The van der Waals surface area contributed by atoms with E-state index in [0.29, 0.717) is 22.0 Å². The van der Waals surface area contributed by atoms with Crippen molar-refractivity contribution >= 4 is 16.8 Å². The van der Waals surface area contributed by atoms with E-state index in [0.717, 1.165) is 18.9 Å². The standard InChI is InChI=1S/C25H21F3N4O2/c1-32(13-16-11-29-21(10-26)19-12-30-31-24(16)19)25(33)15-8-20(28)23(14-3-2-4-17(27)7-14)22(9-15)34-18-5-6-18/h2-4,7-9,11-12,18H,5-6,10,13H2,1H3,(H,30,31). The van der Waals surface area contributed by atoms with Gasteiger partial charge in [-0.3, -0.25) is 14.9 Å². The molecule has 1 saturated carbocycles. The number of H-pyrrole nitrogens is 1. The molecule has 0 aliphatic heterocycles. The van der Waals surface area contributed by atoms with Gasteiger partial charge in [0.05, 0.1) is 29.1 Å². The lowest BCUT2D eigenvalue weighted by atomic mass is 10.0. The van der Waals surface area contributed by atoms with Crippen LogP contribution in [0.3, 0.4) is 0 Å². The SMILES string of the molecule is CN(Cc1cnc(CF)c2cn[nH]c12)C(=O)c1cc(F)c(-c2cccc(F)c2)c(OC2CC2)c1. The number of carbonyl (C=O) groups is 1. The van der Waals surface area contributed by atoms with E-state index in [1.165, 1.54) is 41.6 Å². The van der Waals surface area contributed by atoms with E-state index in [-0.39, 0.29) is 35.2 Å². The fourth-order valence-corrected chi connectivity index (χ4v) is 3.90. The lowest BCUT2D eigenvalue weighted by molar-refractivity contribution is 0.0784. The maximum Gasteiger partial charge on any atom is 0.254 e. The molecule has 0 unspecified atom stereocenters. The number of fused-ring (bicyclic) bond motifs is 1. The van der Waals surface area contributed by atoms with Crippen LogP contribution >= 0.6 is 0 Å². The predicted molar refractivity (Wildman–Crippen MR) is 120 cm³/mol. The van der Waals surface area contributed by atoms with Gasteiger partial charge >= 0.3 is 0 Å². The summed E-state index contributed by atoms with van der Waals surface area (Å²) in [5.74, 6) is -1.40. The van der Waals surface area contributed by atoms with E-state index in [1.807, 2.05) is 0 Å². The number of ether oxygens (including phenoxy) is 1. The average Bonchev–Trinajstić information content (AvgIpc) is 3.49. The molecule has 1 fully saturated rings. The minimum absolute atomic E-state index is 0.0523. The van der Waals surface area contributed by atoms with Crippen molar-refractivity contribution in [1.29, 1.82) is 0 Å². The molecule has 5 rings (SSSR count). The number of aromatic nitrogens is 3. The van der Waals surface area contributed by atoms with E-state index in [2.05, 4.69) is 15.2 Å². The van der Waals surface area contributed by atoms with Gasteiger partial charge < -0.3 is 9.64 Å². The third-order valence-electron chi connectivity index (χ3n) is 5.76. The van der Waals surface area contributed by atoms with E-state index < -0.39 is 24.2 Å².